The number of hydrogen-bond donors (Lipinski definition) is 1. The number of likely N-dealkylation sites (N-methyl/N-ethyl adjacent to an activating group) is 1. The zero-order valence-corrected chi connectivity index (χ0v) is 12.0. The molecule has 2 aliphatic rings. The summed E-state index contributed by atoms with van der Waals surface area (Å²) in [5.41, 5.74) is 0. The van der Waals surface area contributed by atoms with Crippen molar-refractivity contribution in [3.8, 4) is 0 Å². The van der Waals surface area contributed by atoms with Gasteiger partial charge in [-0.3, -0.25) is 14.5 Å². The fourth-order valence-corrected chi connectivity index (χ4v) is 3.03. The van der Waals surface area contributed by atoms with Gasteiger partial charge in [0, 0.05) is 13.1 Å². The van der Waals surface area contributed by atoms with Crippen LogP contribution < -0.4 is 5.32 Å². The number of hydrogen-bond acceptors (Lipinski definition) is 4. The molecule has 2 heterocycles. The minimum Gasteiger partial charge on any atom is -0.303 e. The molecule has 2 atom stereocenters. The van der Waals surface area contributed by atoms with Crippen molar-refractivity contribution in [3.05, 3.63) is 0 Å². The van der Waals surface area contributed by atoms with E-state index < -0.39 is 0 Å². The van der Waals surface area contributed by atoms with Gasteiger partial charge in [0.2, 0.25) is 11.8 Å². The van der Waals surface area contributed by atoms with Crippen molar-refractivity contribution in [1.29, 1.82) is 0 Å². The van der Waals surface area contributed by atoms with Crippen LogP contribution in [0.3, 0.4) is 0 Å². The van der Waals surface area contributed by atoms with Gasteiger partial charge < -0.3 is 10.2 Å². The van der Waals surface area contributed by atoms with Gasteiger partial charge in [0.15, 0.2) is 0 Å². The minimum atomic E-state index is -0.291. The van der Waals surface area contributed by atoms with Crippen LogP contribution in [-0.2, 0) is 9.59 Å². The second-order valence-corrected chi connectivity index (χ2v) is 5.68. The molecule has 108 valence electrons. The third kappa shape index (κ3) is 3.54. The van der Waals surface area contributed by atoms with Crippen molar-refractivity contribution >= 4 is 11.8 Å². The van der Waals surface area contributed by atoms with Crippen LogP contribution in [0.25, 0.3) is 0 Å². The largest absolute Gasteiger partial charge is 0.303 e. The molecule has 2 unspecified atom stereocenters. The zero-order valence-electron chi connectivity index (χ0n) is 12.0. The van der Waals surface area contributed by atoms with Crippen LogP contribution in [0.2, 0.25) is 0 Å². The van der Waals surface area contributed by atoms with Gasteiger partial charge in [-0.25, -0.2) is 0 Å². The van der Waals surface area contributed by atoms with Crippen LogP contribution in [-0.4, -0.2) is 60.4 Å². The summed E-state index contributed by atoms with van der Waals surface area (Å²) >= 11 is 0. The summed E-state index contributed by atoms with van der Waals surface area (Å²) in [6.45, 7) is 5.62. The number of carbonyl (C=O) groups is 2. The van der Waals surface area contributed by atoms with Crippen molar-refractivity contribution in [2.45, 2.75) is 51.1 Å². The van der Waals surface area contributed by atoms with Crippen LogP contribution in [0.1, 0.15) is 39.0 Å². The lowest BCUT2D eigenvalue weighted by atomic mass is 10.1. The first kappa shape index (κ1) is 14.5. The third-order valence-electron chi connectivity index (χ3n) is 4.18. The SMILES string of the molecule is CCCN1CCCC(NC2CC(=O)N(C)C2=O)CC1. The van der Waals surface area contributed by atoms with E-state index in [2.05, 4.69) is 17.1 Å². The van der Waals surface area contributed by atoms with Crippen molar-refractivity contribution < 1.29 is 9.59 Å². The number of imide groups is 1. The van der Waals surface area contributed by atoms with Crippen LogP contribution in [0.5, 0.6) is 0 Å². The second-order valence-electron chi connectivity index (χ2n) is 5.68. The summed E-state index contributed by atoms with van der Waals surface area (Å²) in [6, 6.07) is 0.0790. The first-order valence-corrected chi connectivity index (χ1v) is 7.40. The molecule has 0 spiro atoms. The molecule has 5 heteroatoms. The summed E-state index contributed by atoms with van der Waals surface area (Å²) in [7, 11) is 1.57. The molecule has 0 aromatic carbocycles. The quantitative estimate of drug-likeness (QED) is 0.758. The maximum atomic E-state index is 11.9. The highest BCUT2D eigenvalue weighted by molar-refractivity contribution is 6.05. The molecule has 2 aliphatic heterocycles. The number of rotatable bonds is 4. The molecule has 0 aromatic rings. The molecule has 2 fully saturated rings. The van der Waals surface area contributed by atoms with Crippen LogP contribution >= 0.6 is 0 Å². The fourth-order valence-electron chi connectivity index (χ4n) is 3.03. The number of amides is 2. The fraction of sp³-hybridized carbons (Fsp3) is 0.857. The normalized spacial score (nSPS) is 29.9. The van der Waals surface area contributed by atoms with Gasteiger partial charge >= 0.3 is 0 Å². The van der Waals surface area contributed by atoms with Gasteiger partial charge in [-0.2, -0.15) is 0 Å². The first-order chi connectivity index (χ1) is 9.11. The summed E-state index contributed by atoms with van der Waals surface area (Å²) in [4.78, 5) is 27.1. The molecule has 0 aromatic heterocycles. The highest BCUT2D eigenvalue weighted by atomic mass is 16.2. The van der Waals surface area contributed by atoms with E-state index in [1.807, 2.05) is 0 Å². The van der Waals surface area contributed by atoms with Gasteiger partial charge in [-0.1, -0.05) is 6.92 Å². The van der Waals surface area contributed by atoms with E-state index in [4.69, 9.17) is 0 Å². The van der Waals surface area contributed by atoms with Crippen molar-refractivity contribution in [1.82, 2.24) is 15.1 Å². The van der Waals surface area contributed by atoms with E-state index in [0.29, 0.717) is 12.5 Å². The number of nitrogens with one attached hydrogen (secondary N) is 1. The molecule has 2 saturated heterocycles. The molecule has 0 aliphatic carbocycles. The Kier molecular flexibility index (Phi) is 4.93. The summed E-state index contributed by atoms with van der Waals surface area (Å²) in [6.07, 6.45) is 4.86. The molecular formula is C14H25N3O2. The molecular weight excluding hydrogens is 242 g/mol. The molecule has 2 amide bonds. The van der Waals surface area contributed by atoms with E-state index in [0.717, 1.165) is 32.5 Å². The van der Waals surface area contributed by atoms with Crippen LogP contribution in [0, 0.1) is 0 Å². The van der Waals surface area contributed by atoms with E-state index in [1.54, 1.807) is 7.05 Å². The second kappa shape index (κ2) is 6.48. The lowest BCUT2D eigenvalue weighted by Gasteiger charge is -2.21. The smallest absolute Gasteiger partial charge is 0.246 e. The third-order valence-corrected chi connectivity index (χ3v) is 4.18. The Morgan fingerprint density at radius 1 is 1.26 bits per heavy atom. The Labute approximate surface area is 115 Å². The van der Waals surface area contributed by atoms with Gasteiger partial charge in [0.1, 0.15) is 0 Å². The Morgan fingerprint density at radius 3 is 2.68 bits per heavy atom. The van der Waals surface area contributed by atoms with Crippen molar-refractivity contribution in [2.24, 2.45) is 0 Å². The lowest BCUT2D eigenvalue weighted by Crippen LogP contribution is -2.43. The van der Waals surface area contributed by atoms with Crippen molar-refractivity contribution in [2.75, 3.05) is 26.7 Å². The number of nitrogens with zero attached hydrogens (tertiary/aromatic N) is 2. The van der Waals surface area contributed by atoms with Gasteiger partial charge in [-0.15, -0.1) is 0 Å². The minimum absolute atomic E-state index is 0.0660. The summed E-state index contributed by atoms with van der Waals surface area (Å²) in [5.74, 6) is -0.136. The van der Waals surface area contributed by atoms with E-state index >= 15 is 0 Å². The molecule has 19 heavy (non-hydrogen) atoms. The lowest BCUT2D eigenvalue weighted by molar-refractivity contribution is -0.137. The highest BCUT2D eigenvalue weighted by Crippen LogP contribution is 2.16. The Bertz CT molecular complexity index is 346. The van der Waals surface area contributed by atoms with Gasteiger partial charge in [0.25, 0.3) is 0 Å². The Morgan fingerprint density at radius 2 is 2.05 bits per heavy atom. The predicted octanol–water partition coefficient (Wildman–Crippen LogP) is 0.598. The van der Waals surface area contributed by atoms with Gasteiger partial charge in [0.05, 0.1) is 12.5 Å². The monoisotopic (exact) mass is 267 g/mol. The molecule has 5 nitrogen and oxygen atoms in total. The van der Waals surface area contributed by atoms with Crippen LogP contribution in [0.15, 0.2) is 0 Å². The van der Waals surface area contributed by atoms with Crippen molar-refractivity contribution in [3.63, 3.8) is 0 Å². The highest BCUT2D eigenvalue weighted by Gasteiger charge is 2.37. The number of likely N-dealkylation sites (tertiary alicyclic amines) is 2. The average molecular weight is 267 g/mol. The maximum Gasteiger partial charge on any atom is 0.246 e. The standard InChI is InChI=1S/C14H25N3O2/c1-3-7-17-8-4-5-11(6-9-17)15-12-10-13(18)16(2)14(12)19/h11-12,15H,3-10H2,1-2H3. The first-order valence-electron chi connectivity index (χ1n) is 7.40. The zero-order chi connectivity index (χ0) is 13.8. The Balaban J connectivity index is 1.83. The molecule has 0 radical (unpaired) electrons. The number of carbonyl (C=O) groups excluding carboxylic acids is 2. The molecule has 2 rings (SSSR count). The maximum absolute atomic E-state index is 11.9. The van der Waals surface area contributed by atoms with E-state index in [9.17, 15) is 9.59 Å². The summed E-state index contributed by atoms with van der Waals surface area (Å²) < 4.78 is 0. The predicted molar refractivity (Wildman–Crippen MR) is 73.7 cm³/mol. The topological polar surface area (TPSA) is 52.7 Å². The van der Waals surface area contributed by atoms with E-state index in [1.165, 1.54) is 17.7 Å². The molecule has 0 bridgehead atoms. The van der Waals surface area contributed by atoms with Gasteiger partial charge in [-0.05, 0) is 45.3 Å². The van der Waals surface area contributed by atoms with E-state index in [-0.39, 0.29) is 17.9 Å². The Hall–Kier alpha value is -0.940. The summed E-state index contributed by atoms with van der Waals surface area (Å²) in [5, 5.41) is 3.39. The average Bonchev–Trinajstić information content (AvgIpc) is 2.60. The van der Waals surface area contributed by atoms with Crippen LogP contribution in [0.4, 0.5) is 0 Å². The molecule has 0 saturated carbocycles. The molecule has 1 N–H and O–H groups in total.